The minimum Gasteiger partial charge on any atom is -0.404 e. The van der Waals surface area contributed by atoms with E-state index in [1.165, 1.54) is 12.1 Å². The second-order valence-corrected chi connectivity index (χ2v) is 8.98. The average Bonchev–Trinajstić information content (AvgIpc) is 3.36. The number of imidazole rings is 1. The maximum atomic E-state index is 13.0. The largest absolute Gasteiger partial charge is 0.524 e. The van der Waals surface area contributed by atoms with Gasteiger partial charge in [-0.25, -0.2) is 9.55 Å². The fourth-order valence-corrected chi connectivity index (χ4v) is 4.15. The molecule has 4 rings (SSSR count). The number of hydrogen-bond acceptors (Lipinski definition) is 6. The van der Waals surface area contributed by atoms with Crippen LogP contribution in [0.25, 0.3) is 11.0 Å². The summed E-state index contributed by atoms with van der Waals surface area (Å²) in [6, 6.07) is 15.3. The SMILES string of the molecule is CCn1nc(C)cc1C(=O)Nc1nc2cc(C#N)ccc2n1CCc1ccc(OP(=O)(O)O)cc1. The van der Waals surface area contributed by atoms with Crippen molar-refractivity contribution in [3.63, 3.8) is 0 Å². The molecule has 0 saturated carbocycles. The molecule has 0 aliphatic heterocycles. The van der Waals surface area contributed by atoms with Crippen molar-refractivity contribution < 1.29 is 23.7 Å². The van der Waals surface area contributed by atoms with Crippen molar-refractivity contribution in [3.05, 3.63) is 71.0 Å². The van der Waals surface area contributed by atoms with Crippen molar-refractivity contribution in [1.82, 2.24) is 19.3 Å². The zero-order valence-electron chi connectivity index (χ0n) is 19.0. The van der Waals surface area contributed by atoms with E-state index in [0.717, 1.165) is 16.8 Å². The fourth-order valence-electron chi connectivity index (χ4n) is 3.75. The van der Waals surface area contributed by atoms with Gasteiger partial charge in [-0.1, -0.05) is 12.1 Å². The van der Waals surface area contributed by atoms with E-state index in [0.29, 0.717) is 42.2 Å². The Bertz CT molecular complexity index is 1480. The van der Waals surface area contributed by atoms with E-state index >= 15 is 0 Å². The molecule has 0 radical (unpaired) electrons. The van der Waals surface area contributed by atoms with Crippen molar-refractivity contribution in [1.29, 1.82) is 5.26 Å². The number of anilines is 1. The van der Waals surface area contributed by atoms with Gasteiger partial charge in [0.2, 0.25) is 5.95 Å². The predicted molar refractivity (Wildman–Crippen MR) is 128 cm³/mol. The van der Waals surface area contributed by atoms with E-state index in [9.17, 15) is 14.6 Å². The first-order chi connectivity index (χ1) is 16.7. The fraction of sp³-hybridized carbons (Fsp3) is 0.217. The first kappa shape index (κ1) is 24.2. The molecule has 12 heteroatoms. The topological polar surface area (TPSA) is 155 Å². The molecular weight excluding hydrogens is 471 g/mol. The van der Waals surface area contributed by atoms with Crippen molar-refractivity contribution in [2.24, 2.45) is 0 Å². The van der Waals surface area contributed by atoms with Gasteiger partial charge in [0.15, 0.2) is 0 Å². The van der Waals surface area contributed by atoms with E-state index in [1.807, 2.05) is 18.4 Å². The Morgan fingerprint density at radius 1 is 1.20 bits per heavy atom. The molecule has 0 aliphatic rings. The molecule has 4 aromatic rings. The number of aryl methyl sites for hydroxylation is 4. The number of fused-ring (bicyclic) bond motifs is 1. The second kappa shape index (κ2) is 9.72. The van der Waals surface area contributed by atoms with Gasteiger partial charge < -0.3 is 9.09 Å². The molecule has 2 aromatic heterocycles. The van der Waals surface area contributed by atoms with E-state index in [4.69, 9.17) is 9.79 Å². The summed E-state index contributed by atoms with van der Waals surface area (Å²) in [5, 5.41) is 16.4. The van der Waals surface area contributed by atoms with E-state index < -0.39 is 7.82 Å². The molecule has 0 atom stereocenters. The molecule has 2 aromatic carbocycles. The number of carbonyl (C=O) groups is 1. The Morgan fingerprint density at radius 3 is 2.60 bits per heavy atom. The Hall–Kier alpha value is -3.97. The number of nitrogens with zero attached hydrogens (tertiary/aromatic N) is 5. The molecule has 0 bridgehead atoms. The molecule has 0 spiro atoms. The van der Waals surface area contributed by atoms with Crippen LogP contribution in [0.2, 0.25) is 0 Å². The number of rotatable bonds is 8. The lowest BCUT2D eigenvalue weighted by atomic mass is 10.1. The number of amides is 1. The molecule has 0 fully saturated rings. The van der Waals surface area contributed by atoms with Crippen molar-refractivity contribution in [2.45, 2.75) is 33.4 Å². The normalized spacial score (nSPS) is 11.4. The van der Waals surface area contributed by atoms with Gasteiger partial charge in [-0.2, -0.15) is 10.4 Å². The summed E-state index contributed by atoms with van der Waals surface area (Å²) in [5.74, 6) is 0.0569. The van der Waals surface area contributed by atoms with Crippen LogP contribution < -0.4 is 9.84 Å². The molecule has 11 nitrogen and oxygen atoms in total. The lowest BCUT2D eigenvalue weighted by molar-refractivity contribution is 0.101. The summed E-state index contributed by atoms with van der Waals surface area (Å²) in [7, 11) is -4.62. The zero-order chi connectivity index (χ0) is 25.2. The van der Waals surface area contributed by atoms with Crippen LogP contribution >= 0.6 is 7.82 Å². The number of carbonyl (C=O) groups excluding carboxylic acids is 1. The van der Waals surface area contributed by atoms with Crippen LogP contribution in [-0.2, 0) is 24.1 Å². The van der Waals surface area contributed by atoms with Gasteiger partial charge in [-0.3, -0.25) is 24.6 Å². The molecule has 0 saturated heterocycles. The van der Waals surface area contributed by atoms with E-state index in [1.54, 1.807) is 41.1 Å². The third-order valence-electron chi connectivity index (χ3n) is 5.31. The molecule has 0 aliphatic carbocycles. The van der Waals surface area contributed by atoms with Gasteiger partial charge in [0, 0.05) is 13.1 Å². The highest BCUT2D eigenvalue weighted by atomic mass is 31.2. The highest BCUT2D eigenvalue weighted by Crippen LogP contribution is 2.37. The molecule has 35 heavy (non-hydrogen) atoms. The number of phosphoric acid groups is 1. The standard InChI is InChI=1S/C23H23N6O5P/c1-3-29-21(12-15(2)27-29)22(30)26-23-25-19-13-17(14-24)6-9-20(19)28(23)11-10-16-4-7-18(8-5-16)34-35(31,32)33/h4-9,12-13H,3,10-11H2,1-2H3,(H,25,26,30)(H2,31,32,33). The second-order valence-electron chi connectivity index (χ2n) is 7.82. The summed E-state index contributed by atoms with van der Waals surface area (Å²) in [5.41, 5.74) is 3.82. The summed E-state index contributed by atoms with van der Waals surface area (Å²) in [6.07, 6.45) is 0.538. The number of aromatic nitrogens is 4. The van der Waals surface area contributed by atoms with Gasteiger partial charge in [-0.15, -0.1) is 0 Å². The number of nitrogens with one attached hydrogen (secondary N) is 1. The molecule has 3 N–H and O–H groups in total. The number of phosphoric ester groups is 1. The van der Waals surface area contributed by atoms with Crippen molar-refractivity contribution >= 4 is 30.7 Å². The summed E-state index contributed by atoms with van der Waals surface area (Å²) in [4.78, 5) is 35.5. The van der Waals surface area contributed by atoms with E-state index in [2.05, 4.69) is 26.0 Å². The smallest absolute Gasteiger partial charge is 0.404 e. The van der Waals surface area contributed by atoms with Crippen LogP contribution in [0.15, 0.2) is 48.5 Å². The Labute approximate surface area is 200 Å². The maximum absolute atomic E-state index is 13.0. The van der Waals surface area contributed by atoms with Crippen molar-refractivity contribution in [2.75, 3.05) is 5.32 Å². The lowest BCUT2D eigenvalue weighted by Gasteiger charge is -2.11. The van der Waals surface area contributed by atoms with Crippen LogP contribution in [0.3, 0.4) is 0 Å². The first-order valence-electron chi connectivity index (χ1n) is 10.8. The molecule has 0 unspecified atom stereocenters. The molecule has 180 valence electrons. The van der Waals surface area contributed by atoms with Crippen LogP contribution in [0.5, 0.6) is 5.75 Å². The van der Waals surface area contributed by atoms with Crippen LogP contribution in [0.1, 0.15) is 34.2 Å². The number of benzene rings is 2. The maximum Gasteiger partial charge on any atom is 0.524 e. The van der Waals surface area contributed by atoms with Gasteiger partial charge in [0.05, 0.1) is 28.4 Å². The number of nitriles is 1. The molecular formula is C23H23N6O5P. The van der Waals surface area contributed by atoms with E-state index in [-0.39, 0.29) is 11.7 Å². The summed E-state index contributed by atoms with van der Waals surface area (Å²) in [6.45, 7) is 4.71. The Balaban J connectivity index is 1.62. The highest BCUT2D eigenvalue weighted by Gasteiger charge is 2.19. The minimum atomic E-state index is -4.62. The van der Waals surface area contributed by atoms with Gasteiger partial charge in [0.1, 0.15) is 11.4 Å². The quantitative estimate of drug-likeness (QED) is 0.315. The lowest BCUT2D eigenvalue weighted by Crippen LogP contribution is -2.20. The van der Waals surface area contributed by atoms with Gasteiger partial charge >= 0.3 is 7.82 Å². The van der Waals surface area contributed by atoms with Crippen LogP contribution in [-0.4, -0.2) is 35.0 Å². The van der Waals surface area contributed by atoms with Gasteiger partial charge in [-0.05, 0) is 62.2 Å². The Morgan fingerprint density at radius 2 is 1.94 bits per heavy atom. The van der Waals surface area contributed by atoms with Crippen molar-refractivity contribution in [3.8, 4) is 11.8 Å². The average molecular weight is 494 g/mol. The first-order valence-corrected chi connectivity index (χ1v) is 12.3. The molecule has 2 heterocycles. The summed E-state index contributed by atoms with van der Waals surface area (Å²) >= 11 is 0. The highest BCUT2D eigenvalue weighted by molar-refractivity contribution is 7.46. The third-order valence-corrected chi connectivity index (χ3v) is 5.76. The van der Waals surface area contributed by atoms with Crippen LogP contribution in [0, 0.1) is 18.3 Å². The minimum absolute atomic E-state index is 0.0648. The molecule has 1 amide bonds. The third kappa shape index (κ3) is 5.58. The van der Waals surface area contributed by atoms with Crippen LogP contribution in [0.4, 0.5) is 5.95 Å². The zero-order valence-corrected chi connectivity index (χ0v) is 19.9. The number of hydrogen-bond donors (Lipinski definition) is 3. The Kier molecular flexibility index (Phi) is 6.71. The summed E-state index contributed by atoms with van der Waals surface area (Å²) < 4.78 is 19.1. The van der Waals surface area contributed by atoms with Gasteiger partial charge in [0.25, 0.3) is 5.91 Å². The monoisotopic (exact) mass is 494 g/mol. The predicted octanol–water partition coefficient (Wildman–Crippen LogP) is 3.40.